The second-order valence-corrected chi connectivity index (χ2v) is 6.54. The molecule has 1 fully saturated rings. The Morgan fingerprint density at radius 3 is 2.93 bits per heavy atom. The minimum atomic E-state index is 0.282. The second kappa shape index (κ2) is 5.23. The number of hydrogen-bond donors (Lipinski definition) is 1. The molecule has 1 aromatic rings. The number of carbonyl (C=O) groups excluding carboxylic acids is 1. The quantitative estimate of drug-likeness (QED) is 0.872. The van der Waals surface area contributed by atoms with Crippen molar-refractivity contribution >= 4 is 33.0 Å². The molecule has 0 unspecified atom stereocenters. The third kappa shape index (κ3) is 4.05. The van der Waals surface area contributed by atoms with Crippen LogP contribution in [0.4, 0.5) is 0 Å². The van der Waals surface area contributed by atoms with E-state index in [4.69, 9.17) is 0 Å². The van der Waals surface area contributed by atoms with Crippen LogP contribution in [0.2, 0.25) is 0 Å². The summed E-state index contributed by atoms with van der Waals surface area (Å²) in [4.78, 5) is 12.7. The number of hydrogen-bond acceptors (Lipinski definition) is 3. The molecule has 2 rings (SSSR count). The Kier molecular flexibility index (Phi) is 3.94. The van der Waals surface area contributed by atoms with Crippen LogP contribution in [0.3, 0.4) is 0 Å². The molecule has 1 aromatic heterocycles. The van der Waals surface area contributed by atoms with Crippen LogP contribution >= 0.6 is 27.3 Å². The standard InChI is InChI=1S/C11H14BrNOS/c12-11-4-3-10(15-11)5-9(14)7-13-6-8-1-2-8/h3-4,8,13H,1-2,5-7H2. The first-order valence-electron chi connectivity index (χ1n) is 5.20. The molecule has 1 aliphatic carbocycles. The van der Waals surface area contributed by atoms with Crippen LogP contribution in [0, 0.1) is 5.92 Å². The summed E-state index contributed by atoms with van der Waals surface area (Å²) in [6.45, 7) is 1.53. The van der Waals surface area contributed by atoms with Crippen molar-refractivity contribution in [3.8, 4) is 0 Å². The summed E-state index contributed by atoms with van der Waals surface area (Å²) < 4.78 is 1.09. The highest BCUT2D eigenvalue weighted by molar-refractivity contribution is 9.11. The van der Waals surface area contributed by atoms with E-state index in [9.17, 15) is 4.79 Å². The van der Waals surface area contributed by atoms with Crippen molar-refractivity contribution in [3.05, 3.63) is 20.8 Å². The Morgan fingerprint density at radius 1 is 1.53 bits per heavy atom. The SMILES string of the molecule is O=C(CNCC1CC1)Cc1ccc(Br)s1. The number of carbonyl (C=O) groups is 1. The monoisotopic (exact) mass is 287 g/mol. The van der Waals surface area contributed by atoms with Gasteiger partial charge >= 0.3 is 0 Å². The van der Waals surface area contributed by atoms with Crippen LogP contribution in [-0.4, -0.2) is 18.9 Å². The Bertz CT molecular complexity index is 346. The molecule has 82 valence electrons. The van der Waals surface area contributed by atoms with Crippen molar-refractivity contribution < 1.29 is 4.79 Å². The summed E-state index contributed by atoms with van der Waals surface area (Å²) in [5.41, 5.74) is 0. The highest BCUT2D eigenvalue weighted by Crippen LogP contribution is 2.27. The minimum absolute atomic E-state index is 0.282. The van der Waals surface area contributed by atoms with Crippen molar-refractivity contribution in [2.75, 3.05) is 13.1 Å². The number of rotatable bonds is 6. The average molecular weight is 288 g/mol. The van der Waals surface area contributed by atoms with E-state index in [2.05, 4.69) is 21.2 Å². The van der Waals surface area contributed by atoms with Crippen molar-refractivity contribution in [2.24, 2.45) is 5.92 Å². The van der Waals surface area contributed by atoms with Gasteiger partial charge in [-0.2, -0.15) is 0 Å². The molecular formula is C11H14BrNOS. The van der Waals surface area contributed by atoms with E-state index in [0.29, 0.717) is 13.0 Å². The van der Waals surface area contributed by atoms with Gasteiger partial charge in [-0.1, -0.05) is 0 Å². The molecule has 0 bridgehead atoms. The van der Waals surface area contributed by atoms with E-state index in [-0.39, 0.29) is 5.78 Å². The van der Waals surface area contributed by atoms with E-state index >= 15 is 0 Å². The fourth-order valence-corrected chi connectivity index (χ4v) is 2.95. The molecule has 0 atom stereocenters. The molecule has 1 saturated carbocycles. The zero-order chi connectivity index (χ0) is 10.7. The normalized spacial score (nSPS) is 15.5. The summed E-state index contributed by atoms with van der Waals surface area (Å²) in [6.07, 6.45) is 3.23. The van der Waals surface area contributed by atoms with Crippen molar-refractivity contribution in [1.29, 1.82) is 0 Å². The van der Waals surface area contributed by atoms with Crippen molar-refractivity contribution in [2.45, 2.75) is 19.3 Å². The molecule has 1 N–H and O–H groups in total. The summed E-state index contributed by atoms with van der Waals surface area (Å²) >= 11 is 5.03. The third-order valence-electron chi connectivity index (χ3n) is 2.45. The molecular weight excluding hydrogens is 274 g/mol. The molecule has 1 aliphatic rings. The number of thiophene rings is 1. The maximum Gasteiger partial charge on any atom is 0.151 e. The Balaban J connectivity index is 1.67. The van der Waals surface area contributed by atoms with Gasteiger partial charge < -0.3 is 5.32 Å². The van der Waals surface area contributed by atoms with Crippen molar-refractivity contribution in [3.63, 3.8) is 0 Å². The molecule has 1 heterocycles. The van der Waals surface area contributed by atoms with Crippen LogP contribution in [0.5, 0.6) is 0 Å². The predicted octanol–water partition coefficient (Wildman–Crippen LogP) is 2.62. The minimum Gasteiger partial charge on any atom is -0.310 e. The van der Waals surface area contributed by atoms with Gasteiger partial charge in [0, 0.05) is 11.3 Å². The molecule has 15 heavy (non-hydrogen) atoms. The Labute approximate surface area is 102 Å². The van der Waals surface area contributed by atoms with Gasteiger partial charge in [-0.15, -0.1) is 11.3 Å². The van der Waals surface area contributed by atoms with Crippen molar-refractivity contribution in [1.82, 2.24) is 5.32 Å². The molecule has 0 radical (unpaired) electrons. The van der Waals surface area contributed by atoms with Gasteiger partial charge in [0.05, 0.1) is 10.3 Å². The lowest BCUT2D eigenvalue weighted by atomic mass is 10.2. The molecule has 2 nitrogen and oxygen atoms in total. The van der Waals surface area contributed by atoms with Crippen LogP contribution in [0.15, 0.2) is 15.9 Å². The maximum absolute atomic E-state index is 11.6. The molecule has 0 spiro atoms. The van der Waals surface area contributed by atoms with Crippen LogP contribution < -0.4 is 5.32 Å². The number of ketones is 1. The summed E-state index contributed by atoms with van der Waals surface area (Å²) in [5, 5.41) is 3.22. The van der Waals surface area contributed by atoms with Gasteiger partial charge in [0.25, 0.3) is 0 Å². The molecule has 4 heteroatoms. The van der Waals surface area contributed by atoms with E-state index < -0.39 is 0 Å². The number of halogens is 1. The van der Waals surface area contributed by atoms with Gasteiger partial charge in [-0.25, -0.2) is 0 Å². The maximum atomic E-state index is 11.6. The fraction of sp³-hybridized carbons (Fsp3) is 0.545. The lowest BCUT2D eigenvalue weighted by molar-refractivity contribution is -0.117. The van der Waals surface area contributed by atoms with E-state index in [1.54, 1.807) is 11.3 Å². The fourth-order valence-electron chi connectivity index (χ4n) is 1.44. The summed E-state index contributed by atoms with van der Waals surface area (Å²) in [7, 11) is 0. The third-order valence-corrected chi connectivity index (χ3v) is 4.08. The van der Waals surface area contributed by atoms with Crippen LogP contribution in [0.1, 0.15) is 17.7 Å². The first-order valence-corrected chi connectivity index (χ1v) is 6.81. The largest absolute Gasteiger partial charge is 0.310 e. The zero-order valence-corrected chi connectivity index (χ0v) is 10.9. The van der Waals surface area contributed by atoms with Gasteiger partial charge in [-0.3, -0.25) is 4.79 Å². The second-order valence-electron chi connectivity index (χ2n) is 4.00. The lowest BCUT2D eigenvalue weighted by Gasteiger charge is -2.01. The Morgan fingerprint density at radius 2 is 2.33 bits per heavy atom. The van der Waals surface area contributed by atoms with Gasteiger partial charge in [0.1, 0.15) is 0 Å². The van der Waals surface area contributed by atoms with E-state index in [0.717, 1.165) is 21.1 Å². The Hall–Kier alpha value is -0.190. The van der Waals surface area contributed by atoms with Gasteiger partial charge in [0.2, 0.25) is 0 Å². The summed E-state index contributed by atoms with van der Waals surface area (Å²) in [5.74, 6) is 1.12. The molecule has 0 saturated heterocycles. The highest BCUT2D eigenvalue weighted by atomic mass is 79.9. The topological polar surface area (TPSA) is 29.1 Å². The van der Waals surface area contributed by atoms with E-state index in [1.165, 1.54) is 12.8 Å². The number of nitrogens with one attached hydrogen (secondary N) is 1. The molecule has 0 aliphatic heterocycles. The van der Waals surface area contributed by atoms with Crippen LogP contribution in [0.25, 0.3) is 0 Å². The predicted molar refractivity (Wildman–Crippen MR) is 66.3 cm³/mol. The van der Waals surface area contributed by atoms with E-state index in [1.807, 2.05) is 12.1 Å². The smallest absolute Gasteiger partial charge is 0.151 e. The zero-order valence-electron chi connectivity index (χ0n) is 8.46. The first-order chi connectivity index (χ1) is 7.24. The molecule has 0 amide bonds. The first kappa shape index (κ1) is 11.3. The highest BCUT2D eigenvalue weighted by Gasteiger charge is 2.20. The van der Waals surface area contributed by atoms with Gasteiger partial charge in [-0.05, 0) is 53.4 Å². The molecule has 0 aromatic carbocycles. The number of Topliss-reactive ketones (excluding diaryl/α,β-unsaturated/α-hetero) is 1. The lowest BCUT2D eigenvalue weighted by Crippen LogP contribution is -2.25. The van der Waals surface area contributed by atoms with Gasteiger partial charge in [0.15, 0.2) is 5.78 Å². The van der Waals surface area contributed by atoms with Crippen LogP contribution in [-0.2, 0) is 11.2 Å². The summed E-state index contributed by atoms with van der Waals surface area (Å²) in [6, 6.07) is 4.00. The average Bonchev–Trinajstić information content (AvgIpc) is 2.91.